The summed E-state index contributed by atoms with van der Waals surface area (Å²) in [5, 5.41) is 0. The van der Waals surface area contributed by atoms with Crippen LogP contribution in [-0.2, 0) is 37.0 Å². The summed E-state index contributed by atoms with van der Waals surface area (Å²) in [7, 11) is -11.6. The van der Waals surface area contributed by atoms with E-state index in [0.29, 0.717) is 22.3 Å². The highest BCUT2D eigenvalue weighted by atomic mass is 32.2. The second-order valence-electron chi connectivity index (χ2n) is 9.03. The van der Waals surface area contributed by atoms with Gasteiger partial charge in [-0.3, -0.25) is 0 Å². The molecular formula is C28H26O10S3. The second-order valence-corrected chi connectivity index (χ2v) is 13.8. The molecular weight excluding hydrogens is 592 g/mol. The minimum absolute atomic E-state index is 0.0234. The van der Waals surface area contributed by atoms with Gasteiger partial charge in [-0.05, 0) is 58.7 Å². The fraction of sp³-hybridized carbons (Fsp3) is 0.143. The standard InChI is InChI=1S/C28H26O10S3/c1-39(29,30)36-24-13-9-21(10-14-24)22-11-15-25(27(17-22)37-40(2,31)32)23-12-16-26(28(18-23)38-41(3,33)34)35-19-20-7-5-4-6-8-20/h4-18H,19H2,1-3H3. The zero-order valence-corrected chi connectivity index (χ0v) is 24.6. The minimum atomic E-state index is -3.96. The first-order chi connectivity index (χ1) is 19.2. The molecule has 0 amide bonds. The van der Waals surface area contributed by atoms with E-state index in [1.54, 1.807) is 30.3 Å². The molecule has 0 spiro atoms. The van der Waals surface area contributed by atoms with E-state index in [4.69, 9.17) is 17.3 Å². The lowest BCUT2D eigenvalue weighted by molar-refractivity contribution is 0.296. The van der Waals surface area contributed by atoms with Crippen molar-refractivity contribution in [3.63, 3.8) is 0 Å². The van der Waals surface area contributed by atoms with E-state index in [1.165, 1.54) is 30.3 Å². The van der Waals surface area contributed by atoms with Crippen molar-refractivity contribution in [2.45, 2.75) is 6.61 Å². The quantitative estimate of drug-likeness (QED) is 0.219. The van der Waals surface area contributed by atoms with E-state index < -0.39 is 30.4 Å². The van der Waals surface area contributed by atoms with E-state index >= 15 is 0 Å². The molecule has 4 rings (SSSR count). The van der Waals surface area contributed by atoms with Crippen LogP contribution in [0.15, 0.2) is 91.0 Å². The van der Waals surface area contributed by atoms with Crippen LogP contribution in [0.3, 0.4) is 0 Å². The van der Waals surface area contributed by atoms with Gasteiger partial charge in [0.25, 0.3) is 0 Å². The highest BCUT2D eigenvalue weighted by molar-refractivity contribution is 7.86. The fourth-order valence-corrected chi connectivity index (χ4v) is 5.19. The molecule has 0 fully saturated rings. The number of benzene rings is 4. The minimum Gasteiger partial charge on any atom is -0.485 e. The predicted molar refractivity (Wildman–Crippen MR) is 155 cm³/mol. The molecule has 0 aliphatic rings. The molecule has 0 atom stereocenters. The van der Waals surface area contributed by atoms with Crippen LogP contribution in [0, 0.1) is 0 Å². The molecule has 13 heteroatoms. The summed E-state index contributed by atoms with van der Waals surface area (Å²) in [6.45, 7) is 0.158. The van der Waals surface area contributed by atoms with Gasteiger partial charge in [-0.25, -0.2) is 0 Å². The summed E-state index contributed by atoms with van der Waals surface area (Å²) >= 11 is 0. The first kappa shape index (κ1) is 29.9. The summed E-state index contributed by atoms with van der Waals surface area (Å²) < 4.78 is 92.2. The summed E-state index contributed by atoms with van der Waals surface area (Å²) in [5.41, 5.74) is 2.79. The van der Waals surface area contributed by atoms with E-state index in [0.717, 1.165) is 24.3 Å². The molecule has 0 aromatic heterocycles. The van der Waals surface area contributed by atoms with Gasteiger partial charge in [0.1, 0.15) is 12.4 Å². The Kier molecular flexibility index (Phi) is 8.61. The topological polar surface area (TPSA) is 139 Å². The van der Waals surface area contributed by atoms with Crippen LogP contribution in [0.4, 0.5) is 0 Å². The zero-order valence-electron chi connectivity index (χ0n) is 22.2. The van der Waals surface area contributed by atoms with Gasteiger partial charge in [0.15, 0.2) is 17.2 Å². The van der Waals surface area contributed by atoms with Crippen LogP contribution in [0.5, 0.6) is 23.0 Å². The Bertz CT molecular complexity index is 1870. The van der Waals surface area contributed by atoms with Crippen LogP contribution in [0.25, 0.3) is 22.3 Å². The maximum Gasteiger partial charge on any atom is 0.306 e. The lowest BCUT2D eigenvalue weighted by Gasteiger charge is -2.16. The fourth-order valence-electron chi connectivity index (χ4n) is 3.81. The van der Waals surface area contributed by atoms with E-state index in [-0.39, 0.29) is 29.6 Å². The monoisotopic (exact) mass is 618 g/mol. The second kappa shape index (κ2) is 11.8. The van der Waals surface area contributed by atoms with Gasteiger partial charge in [-0.2, -0.15) is 25.3 Å². The first-order valence-electron chi connectivity index (χ1n) is 11.9. The largest absolute Gasteiger partial charge is 0.485 e. The van der Waals surface area contributed by atoms with E-state index in [1.807, 2.05) is 30.3 Å². The molecule has 0 saturated carbocycles. The number of hydrogen-bond donors (Lipinski definition) is 0. The molecule has 216 valence electrons. The third-order valence-electron chi connectivity index (χ3n) is 5.39. The average Bonchev–Trinajstić information content (AvgIpc) is 2.86. The highest BCUT2D eigenvalue weighted by Crippen LogP contribution is 2.40. The summed E-state index contributed by atoms with van der Waals surface area (Å²) in [6, 6.07) is 24.8. The summed E-state index contributed by atoms with van der Waals surface area (Å²) in [5.74, 6) is 0.177. The lowest BCUT2D eigenvalue weighted by Crippen LogP contribution is -2.08. The third kappa shape index (κ3) is 8.96. The molecule has 0 N–H and O–H groups in total. The molecule has 0 aliphatic heterocycles. The molecule has 0 saturated heterocycles. The third-order valence-corrected chi connectivity index (χ3v) is 6.85. The Labute approximate surface area is 239 Å². The van der Waals surface area contributed by atoms with Crippen LogP contribution < -0.4 is 17.3 Å². The number of hydrogen-bond acceptors (Lipinski definition) is 10. The molecule has 0 heterocycles. The summed E-state index contributed by atoms with van der Waals surface area (Å²) in [6.07, 6.45) is 2.74. The Morgan fingerprint density at radius 1 is 0.512 bits per heavy atom. The van der Waals surface area contributed by atoms with Gasteiger partial charge < -0.3 is 17.3 Å². The number of rotatable bonds is 11. The van der Waals surface area contributed by atoms with Gasteiger partial charge in [-0.15, -0.1) is 0 Å². The highest BCUT2D eigenvalue weighted by Gasteiger charge is 2.18. The summed E-state index contributed by atoms with van der Waals surface area (Å²) in [4.78, 5) is 0. The van der Waals surface area contributed by atoms with Crippen LogP contribution in [0.1, 0.15) is 5.56 Å². The van der Waals surface area contributed by atoms with Crippen molar-refractivity contribution in [1.29, 1.82) is 0 Å². The van der Waals surface area contributed by atoms with Crippen LogP contribution >= 0.6 is 0 Å². The molecule has 10 nitrogen and oxygen atoms in total. The molecule has 0 aliphatic carbocycles. The van der Waals surface area contributed by atoms with E-state index in [9.17, 15) is 25.3 Å². The van der Waals surface area contributed by atoms with Crippen LogP contribution in [0.2, 0.25) is 0 Å². The predicted octanol–water partition coefficient (Wildman–Crippen LogP) is 4.61. The lowest BCUT2D eigenvalue weighted by atomic mass is 9.99. The molecule has 4 aromatic carbocycles. The van der Waals surface area contributed by atoms with Crippen LogP contribution in [-0.4, -0.2) is 44.0 Å². The Morgan fingerprint density at radius 2 is 1.05 bits per heavy atom. The van der Waals surface area contributed by atoms with Gasteiger partial charge in [0.05, 0.1) is 18.8 Å². The van der Waals surface area contributed by atoms with Crippen molar-refractivity contribution in [3.8, 4) is 45.3 Å². The van der Waals surface area contributed by atoms with E-state index in [2.05, 4.69) is 0 Å². The molecule has 41 heavy (non-hydrogen) atoms. The maximum atomic E-state index is 12.1. The van der Waals surface area contributed by atoms with Gasteiger partial charge in [0.2, 0.25) is 0 Å². The normalized spacial score (nSPS) is 12.0. The zero-order chi connectivity index (χ0) is 29.8. The van der Waals surface area contributed by atoms with Gasteiger partial charge >= 0.3 is 30.4 Å². The molecule has 0 bridgehead atoms. The maximum absolute atomic E-state index is 12.1. The first-order valence-corrected chi connectivity index (χ1v) is 17.3. The van der Waals surface area contributed by atoms with Crippen molar-refractivity contribution in [3.05, 3.63) is 96.6 Å². The van der Waals surface area contributed by atoms with Crippen molar-refractivity contribution in [2.24, 2.45) is 0 Å². The molecule has 4 aromatic rings. The van der Waals surface area contributed by atoms with Gasteiger partial charge in [-0.1, -0.05) is 54.6 Å². The van der Waals surface area contributed by atoms with Crippen molar-refractivity contribution in [2.75, 3.05) is 18.8 Å². The smallest absolute Gasteiger partial charge is 0.306 e. The van der Waals surface area contributed by atoms with Crippen molar-refractivity contribution in [1.82, 2.24) is 0 Å². The van der Waals surface area contributed by atoms with Crippen molar-refractivity contribution < 1.29 is 42.5 Å². The number of ether oxygens (including phenoxy) is 1. The van der Waals surface area contributed by atoms with Gasteiger partial charge in [0, 0.05) is 5.56 Å². The van der Waals surface area contributed by atoms with Crippen molar-refractivity contribution >= 4 is 30.4 Å². The molecule has 0 unspecified atom stereocenters. The Balaban J connectivity index is 1.73. The Hall–Kier alpha value is -4.07. The SMILES string of the molecule is CS(=O)(=O)Oc1ccc(-c2ccc(-c3ccc(OCc4ccccc4)c(OS(C)(=O)=O)c3)c(OS(C)(=O)=O)c2)cc1. The Morgan fingerprint density at radius 3 is 1.66 bits per heavy atom. The average molecular weight is 619 g/mol. The molecule has 0 radical (unpaired) electrons.